The first-order valence-electron chi connectivity index (χ1n) is 10.1. The molecule has 1 fully saturated rings. The van der Waals surface area contributed by atoms with Crippen molar-refractivity contribution in [1.82, 2.24) is 14.8 Å². The molecule has 0 atom stereocenters. The molecule has 0 bridgehead atoms. The van der Waals surface area contributed by atoms with Crippen LogP contribution < -0.4 is 5.32 Å². The van der Waals surface area contributed by atoms with Crippen molar-refractivity contribution in [2.75, 3.05) is 32.6 Å². The number of imide groups is 1. The monoisotopic (exact) mass is 432 g/mol. The second kappa shape index (κ2) is 8.83. The van der Waals surface area contributed by atoms with Gasteiger partial charge < -0.3 is 24.1 Å². The van der Waals surface area contributed by atoms with Crippen molar-refractivity contribution in [2.45, 2.75) is 45.3 Å². The number of carbonyl (C=O) groups excluding carboxylic acids is 3. The lowest BCUT2D eigenvalue weighted by Gasteiger charge is -2.33. The van der Waals surface area contributed by atoms with Crippen molar-refractivity contribution in [1.29, 1.82) is 0 Å². The zero-order valence-electron chi connectivity index (χ0n) is 18.4. The molecule has 0 radical (unpaired) electrons. The van der Waals surface area contributed by atoms with Gasteiger partial charge in [0.2, 0.25) is 0 Å². The fourth-order valence-electron chi connectivity index (χ4n) is 3.29. The third-order valence-electron chi connectivity index (χ3n) is 4.88. The lowest BCUT2D eigenvalue weighted by molar-refractivity contribution is 0.0210. The first-order valence-corrected chi connectivity index (χ1v) is 10.1. The number of para-hydroxylation sites is 1. The molecule has 0 aliphatic carbocycles. The van der Waals surface area contributed by atoms with Crippen LogP contribution in [0.25, 0.3) is 11.1 Å². The van der Waals surface area contributed by atoms with Crippen LogP contribution in [0.5, 0.6) is 0 Å². The maximum absolute atomic E-state index is 12.6. The maximum atomic E-state index is 12.6. The van der Waals surface area contributed by atoms with Crippen LogP contribution >= 0.6 is 0 Å². The van der Waals surface area contributed by atoms with Crippen LogP contribution in [0, 0.1) is 0 Å². The molecule has 1 saturated heterocycles. The molecular weight excluding hydrogens is 404 g/mol. The molecule has 2 heterocycles. The molecule has 1 aromatic heterocycles. The molecule has 0 saturated carbocycles. The smallest absolute Gasteiger partial charge is 0.416 e. The van der Waals surface area contributed by atoms with Gasteiger partial charge in [-0.1, -0.05) is 6.07 Å². The predicted octanol–water partition coefficient (Wildman–Crippen LogP) is 3.48. The number of ether oxygens (including phenoxy) is 2. The third-order valence-corrected chi connectivity index (χ3v) is 4.88. The molecule has 1 aromatic carbocycles. The maximum Gasteiger partial charge on any atom is 0.416 e. The van der Waals surface area contributed by atoms with E-state index in [1.54, 1.807) is 23.1 Å². The molecule has 10 nitrogen and oxygen atoms in total. The number of carbonyl (C=O) groups is 3. The number of anilines is 1. The first kappa shape index (κ1) is 22.4. The van der Waals surface area contributed by atoms with E-state index < -0.39 is 17.6 Å². The molecule has 1 aliphatic rings. The first-order chi connectivity index (χ1) is 14.6. The average molecular weight is 432 g/mol. The van der Waals surface area contributed by atoms with E-state index in [2.05, 4.69) is 15.0 Å². The number of fused-ring (bicyclic) bond motifs is 1. The van der Waals surface area contributed by atoms with Gasteiger partial charge in [-0.3, -0.25) is 4.79 Å². The van der Waals surface area contributed by atoms with Crippen molar-refractivity contribution in [3.8, 4) is 0 Å². The van der Waals surface area contributed by atoms with Crippen LogP contribution in [-0.4, -0.2) is 71.8 Å². The lowest BCUT2D eigenvalue weighted by atomic mass is 10.1. The predicted molar refractivity (Wildman–Crippen MR) is 113 cm³/mol. The Hall–Kier alpha value is -3.30. The van der Waals surface area contributed by atoms with E-state index in [4.69, 9.17) is 9.15 Å². The van der Waals surface area contributed by atoms with Gasteiger partial charge >= 0.3 is 12.2 Å². The number of nitrogens with one attached hydrogen (secondary N) is 1. The summed E-state index contributed by atoms with van der Waals surface area (Å²) in [6.07, 6.45) is 0.329. The fourth-order valence-corrected chi connectivity index (χ4v) is 3.29. The van der Waals surface area contributed by atoms with Gasteiger partial charge in [-0.2, -0.15) is 4.98 Å². The SMILES string of the molecule is COC(=O)N(C)C(=O)c1cccc2oc(NC3CCN(C(=O)OC(C)(C)C)CC3)nc12. The summed E-state index contributed by atoms with van der Waals surface area (Å²) in [7, 11) is 2.55. The highest BCUT2D eigenvalue weighted by atomic mass is 16.6. The van der Waals surface area contributed by atoms with E-state index in [0.29, 0.717) is 37.0 Å². The number of hydrogen-bond acceptors (Lipinski definition) is 8. The minimum atomic E-state index is -0.763. The molecular formula is C21H28N4O6. The highest BCUT2D eigenvalue weighted by Gasteiger charge is 2.28. The van der Waals surface area contributed by atoms with Crippen LogP contribution in [0.3, 0.4) is 0 Å². The molecule has 0 unspecified atom stereocenters. The van der Waals surface area contributed by atoms with E-state index in [9.17, 15) is 14.4 Å². The van der Waals surface area contributed by atoms with Crippen molar-refractivity contribution in [2.24, 2.45) is 0 Å². The quantitative estimate of drug-likeness (QED) is 0.784. The van der Waals surface area contributed by atoms with E-state index in [1.807, 2.05) is 20.8 Å². The van der Waals surface area contributed by atoms with Crippen molar-refractivity contribution < 1.29 is 28.3 Å². The van der Waals surface area contributed by atoms with Gasteiger partial charge in [-0.05, 0) is 45.7 Å². The second-order valence-corrected chi connectivity index (χ2v) is 8.39. The van der Waals surface area contributed by atoms with E-state index >= 15 is 0 Å². The summed E-state index contributed by atoms with van der Waals surface area (Å²) >= 11 is 0. The molecule has 2 aromatic rings. The van der Waals surface area contributed by atoms with Gasteiger partial charge in [0.15, 0.2) is 5.58 Å². The van der Waals surface area contributed by atoms with Crippen molar-refractivity contribution in [3.05, 3.63) is 23.8 Å². The molecule has 31 heavy (non-hydrogen) atoms. The Labute approximate surface area is 180 Å². The number of oxazole rings is 1. The summed E-state index contributed by atoms with van der Waals surface area (Å²) in [4.78, 5) is 43.5. The minimum absolute atomic E-state index is 0.0589. The van der Waals surface area contributed by atoms with Gasteiger partial charge in [0, 0.05) is 26.2 Å². The summed E-state index contributed by atoms with van der Waals surface area (Å²) in [5.41, 5.74) is 0.498. The third kappa shape index (κ3) is 5.25. The molecule has 3 rings (SSSR count). The van der Waals surface area contributed by atoms with Gasteiger partial charge in [0.1, 0.15) is 11.1 Å². The number of amides is 3. The molecule has 10 heteroatoms. The van der Waals surface area contributed by atoms with Crippen LogP contribution in [0.15, 0.2) is 22.6 Å². The molecule has 1 aliphatic heterocycles. The number of likely N-dealkylation sites (tertiary alicyclic amines) is 1. The molecule has 0 spiro atoms. The average Bonchev–Trinajstić information content (AvgIpc) is 3.13. The highest BCUT2D eigenvalue weighted by molar-refractivity contribution is 6.09. The van der Waals surface area contributed by atoms with Gasteiger partial charge in [-0.25, -0.2) is 14.5 Å². The number of nitrogens with zero attached hydrogens (tertiary/aromatic N) is 3. The van der Waals surface area contributed by atoms with E-state index in [1.165, 1.54) is 14.2 Å². The summed E-state index contributed by atoms with van der Waals surface area (Å²) in [6.45, 7) is 6.64. The fraction of sp³-hybridized carbons (Fsp3) is 0.524. The second-order valence-electron chi connectivity index (χ2n) is 8.39. The normalized spacial score (nSPS) is 14.9. The Bertz CT molecular complexity index is 972. The number of aromatic nitrogens is 1. The number of rotatable bonds is 3. The van der Waals surface area contributed by atoms with Gasteiger partial charge in [0.25, 0.3) is 11.9 Å². The van der Waals surface area contributed by atoms with E-state index in [0.717, 1.165) is 4.90 Å². The molecule has 168 valence electrons. The van der Waals surface area contributed by atoms with Crippen LogP contribution in [-0.2, 0) is 9.47 Å². The number of methoxy groups -OCH3 is 1. The number of hydrogen-bond donors (Lipinski definition) is 1. The minimum Gasteiger partial charge on any atom is -0.452 e. The van der Waals surface area contributed by atoms with Gasteiger partial charge in [0.05, 0.1) is 12.7 Å². The topological polar surface area (TPSA) is 114 Å². The largest absolute Gasteiger partial charge is 0.452 e. The van der Waals surface area contributed by atoms with Crippen LogP contribution in [0.1, 0.15) is 44.0 Å². The summed E-state index contributed by atoms with van der Waals surface area (Å²) in [6, 6.07) is 5.29. The van der Waals surface area contributed by atoms with Crippen molar-refractivity contribution in [3.63, 3.8) is 0 Å². The Morgan fingerprint density at radius 2 is 1.90 bits per heavy atom. The summed E-state index contributed by atoms with van der Waals surface area (Å²) < 4.78 is 15.8. The van der Waals surface area contributed by atoms with Gasteiger partial charge in [-0.15, -0.1) is 0 Å². The zero-order valence-corrected chi connectivity index (χ0v) is 18.4. The van der Waals surface area contributed by atoms with Crippen LogP contribution in [0.4, 0.5) is 15.6 Å². The zero-order chi connectivity index (χ0) is 22.8. The number of benzene rings is 1. The van der Waals surface area contributed by atoms with Crippen LogP contribution in [0.2, 0.25) is 0 Å². The highest BCUT2D eigenvalue weighted by Crippen LogP contribution is 2.25. The lowest BCUT2D eigenvalue weighted by Crippen LogP contribution is -2.44. The number of piperidine rings is 1. The summed E-state index contributed by atoms with van der Waals surface area (Å²) in [5, 5.41) is 3.23. The summed E-state index contributed by atoms with van der Waals surface area (Å²) in [5.74, 6) is -0.539. The standard InChI is InChI=1S/C21H28N4O6/c1-21(2,3)31-20(28)25-11-9-13(10-12-25)22-18-23-16-14(7-6-8-15(16)30-18)17(26)24(4)19(27)29-5/h6-8,13H,9-12H2,1-5H3,(H,22,23). The van der Waals surface area contributed by atoms with Crippen molar-refractivity contribution >= 4 is 35.2 Å². The Morgan fingerprint density at radius 1 is 1.23 bits per heavy atom. The molecule has 1 N–H and O–H groups in total. The van der Waals surface area contributed by atoms with E-state index in [-0.39, 0.29) is 23.7 Å². The Kier molecular flexibility index (Phi) is 6.37. The molecule has 3 amide bonds. The Morgan fingerprint density at radius 3 is 2.52 bits per heavy atom. The Balaban J connectivity index is 1.67.